The molecule has 0 atom stereocenters. The van der Waals surface area contributed by atoms with Crippen LogP contribution in [-0.2, 0) is 6.54 Å². The molecule has 44 valence electrons. The zero-order chi connectivity index (χ0) is 5.98. The Labute approximate surface area is 55.0 Å². The van der Waals surface area contributed by atoms with Crippen molar-refractivity contribution in [2.75, 3.05) is 0 Å². The Hall–Kier alpha value is -0.350. The van der Waals surface area contributed by atoms with E-state index >= 15 is 0 Å². The van der Waals surface area contributed by atoms with Crippen LogP contribution in [-0.4, -0.2) is 4.98 Å². The molecular weight excluding hydrogens is 172 g/mol. The highest BCUT2D eigenvalue weighted by Gasteiger charge is 1.94. The third-order valence-electron chi connectivity index (χ3n) is 0.700. The van der Waals surface area contributed by atoms with Gasteiger partial charge in [-0.05, 0) is 15.9 Å². The van der Waals surface area contributed by atoms with Crippen LogP contribution < -0.4 is 5.73 Å². The SMILES string of the molecule is NCc1ncc(Br)o1. The average Bonchev–Trinajstić information content (AvgIpc) is 2.14. The summed E-state index contributed by atoms with van der Waals surface area (Å²) in [6, 6.07) is 0. The van der Waals surface area contributed by atoms with Gasteiger partial charge in [-0.15, -0.1) is 0 Å². The predicted octanol–water partition coefficient (Wildman–Crippen LogP) is 0.896. The van der Waals surface area contributed by atoms with E-state index in [1.165, 1.54) is 0 Å². The predicted molar refractivity (Wildman–Crippen MR) is 32.1 cm³/mol. The summed E-state index contributed by atoms with van der Waals surface area (Å²) in [6.45, 7) is 0.353. The quantitative estimate of drug-likeness (QED) is 0.693. The minimum absolute atomic E-state index is 0.353. The molecule has 1 heterocycles. The van der Waals surface area contributed by atoms with E-state index in [1.807, 2.05) is 0 Å². The van der Waals surface area contributed by atoms with E-state index in [2.05, 4.69) is 20.9 Å². The van der Waals surface area contributed by atoms with Crippen molar-refractivity contribution in [3.63, 3.8) is 0 Å². The molecule has 0 fully saturated rings. The molecule has 1 aromatic rings. The van der Waals surface area contributed by atoms with E-state index in [0.29, 0.717) is 17.1 Å². The molecule has 1 aromatic heterocycles. The van der Waals surface area contributed by atoms with Crippen molar-refractivity contribution in [3.05, 3.63) is 16.8 Å². The van der Waals surface area contributed by atoms with Gasteiger partial charge in [0.15, 0.2) is 4.67 Å². The second kappa shape index (κ2) is 2.28. The first-order valence-electron chi connectivity index (χ1n) is 2.13. The topological polar surface area (TPSA) is 52.0 Å². The van der Waals surface area contributed by atoms with Crippen molar-refractivity contribution >= 4 is 15.9 Å². The number of hydrogen-bond acceptors (Lipinski definition) is 3. The van der Waals surface area contributed by atoms with Crippen molar-refractivity contribution in [1.29, 1.82) is 0 Å². The van der Waals surface area contributed by atoms with Crippen LogP contribution in [0, 0.1) is 0 Å². The van der Waals surface area contributed by atoms with E-state index < -0.39 is 0 Å². The summed E-state index contributed by atoms with van der Waals surface area (Å²) in [6.07, 6.45) is 1.57. The molecule has 0 aromatic carbocycles. The summed E-state index contributed by atoms with van der Waals surface area (Å²) in [7, 11) is 0. The van der Waals surface area contributed by atoms with Gasteiger partial charge in [0.2, 0.25) is 5.89 Å². The number of oxazole rings is 1. The van der Waals surface area contributed by atoms with Crippen LogP contribution in [0.1, 0.15) is 5.89 Å². The minimum atomic E-state index is 0.353. The fourth-order valence-electron chi connectivity index (χ4n) is 0.382. The molecule has 0 aliphatic carbocycles. The van der Waals surface area contributed by atoms with Crippen LogP contribution in [0.25, 0.3) is 0 Å². The normalized spacial score (nSPS) is 9.75. The van der Waals surface area contributed by atoms with E-state index in [-0.39, 0.29) is 0 Å². The lowest BCUT2D eigenvalue weighted by atomic mass is 10.7. The molecule has 0 spiro atoms. The fourth-order valence-corrected chi connectivity index (χ4v) is 0.672. The Morgan fingerprint density at radius 2 is 2.62 bits per heavy atom. The Morgan fingerprint density at radius 1 is 1.88 bits per heavy atom. The molecule has 0 amide bonds. The van der Waals surface area contributed by atoms with Gasteiger partial charge in [0.1, 0.15) is 0 Å². The van der Waals surface area contributed by atoms with Crippen molar-refractivity contribution in [2.45, 2.75) is 6.54 Å². The molecule has 0 saturated heterocycles. The smallest absolute Gasteiger partial charge is 0.209 e. The molecule has 0 saturated carbocycles. The first kappa shape index (κ1) is 5.78. The third-order valence-corrected chi connectivity index (χ3v) is 1.07. The molecule has 3 nitrogen and oxygen atoms in total. The van der Waals surface area contributed by atoms with Gasteiger partial charge in [0, 0.05) is 0 Å². The van der Waals surface area contributed by atoms with Gasteiger partial charge in [-0.3, -0.25) is 0 Å². The first-order chi connectivity index (χ1) is 3.83. The van der Waals surface area contributed by atoms with Gasteiger partial charge in [-0.25, -0.2) is 4.98 Å². The summed E-state index contributed by atoms with van der Waals surface area (Å²) in [4.78, 5) is 3.80. The summed E-state index contributed by atoms with van der Waals surface area (Å²) in [5.41, 5.74) is 5.19. The van der Waals surface area contributed by atoms with Gasteiger partial charge in [-0.2, -0.15) is 0 Å². The Morgan fingerprint density at radius 3 is 2.88 bits per heavy atom. The summed E-state index contributed by atoms with van der Waals surface area (Å²) < 4.78 is 5.54. The van der Waals surface area contributed by atoms with Gasteiger partial charge in [-0.1, -0.05) is 0 Å². The second-order valence-electron chi connectivity index (χ2n) is 1.26. The van der Waals surface area contributed by atoms with Crippen LogP contribution in [0.5, 0.6) is 0 Å². The van der Waals surface area contributed by atoms with Crippen molar-refractivity contribution in [1.82, 2.24) is 4.98 Å². The number of aromatic nitrogens is 1. The number of rotatable bonds is 1. The number of nitrogens with two attached hydrogens (primary N) is 1. The average molecular weight is 177 g/mol. The first-order valence-corrected chi connectivity index (χ1v) is 2.92. The molecule has 0 unspecified atom stereocenters. The van der Waals surface area contributed by atoms with E-state index in [1.54, 1.807) is 6.20 Å². The van der Waals surface area contributed by atoms with E-state index in [0.717, 1.165) is 0 Å². The summed E-state index contributed by atoms with van der Waals surface area (Å²) in [5, 5.41) is 0. The molecule has 4 heteroatoms. The van der Waals surface area contributed by atoms with Crippen LogP contribution in [0.2, 0.25) is 0 Å². The van der Waals surface area contributed by atoms with Gasteiger partial charge < -0.3 is 10.2 Å². The highest BCUT2D eigenvalue weighted by molar-refractivity contribution is 9.10. The monoisotopic (exact) mass is 176 g/mol. The summed E-state index contributed by atoms with van der Waals surface area (Å²) >= 11 is 3.09. The van der Waals surface area contributed by atoms with E-state index in [9.17, 15) is 0 Å². The molecule has 0 aliphatic heterocycles. The maximum atomic E-state index is 5.19. The molecule has 0 radical (unpaired) electrons. The lowest BCUT2D eigenvalue weighted by molar-refractivity contribution is 0.478. The highest BCUT2D eigenvalue weighted by atomic mass is 79.9. The largest absolute Gasteiger partial charge is 0.433 e. The number of hydrogen-bond donors (Lipinski definition) is 1. The highest BCUT2D eigenvalue weighted by Crippen LogP contribution is 2.09. The number of nitrogens with zero attached hydrogens (tertiary/aromatic N) is 1. The maximum absolute atomic E-state index is 5.19. The molecule has 2 N–H and O–H groups in total. The Balaban J connectivity index is 2.84. The molecular formula is C4H5BrN2O. The molecule has 0 bridgehead atoms. The van der Waals surface area contributed by atoms with Crippen molar-refractivity contribution < 1.29 is 4.42 Å². The van der Waals surface area contributed by atoms with Gasteiger partial charge in [0.25, 0.3) is 0 Å². The standard InChI is InChI=1S/C4H5BrN2O/c5-3-2-7-4(1-6)8-3/h2H,1,6H2. The third kappa shape index (κ3) is 1.08. The van der Waals surface area contributed by atoms with Gasteiger partial charge >= 0.3 is 0 Å². The molecule has 1 rings (SSSR count). The van der Waals surface area contributed by atoms with Crippen LogP contribution >= 0.6 is 15.9 Å². The lowest BCUT2D eigenvalue weighted by Gasteiger charge is -1.80. The van der Waals surface area contributed by atoms with Crippen LogP contribution in [0.3, 0.4) is 0 Å². The zero-order valence-corrected chi connectivity index (χ0v) is 5.68. The van der Waals surface area contributed by atoms with Gasteiger partial charge in [0.05, 0.1) is 12.7 Å². The summed E-state index contributed by atoms with van der Waals surface area (Å²) in [5.74, 6) is 0.553. The van der Waals surface area contributed by atoms with E-state index in [4.69, 9.17) is 10.2 Å². The zero-order valence-electron chi connectivity index (χ0n) is 4.10. The number of halogens is 1. The minimum Gasteiger partial charge on any atom is -0.433 e. The lowest BCUT2D eigenvalue weighted by Crippen LogP contribution is -1.94. The molecule has 0 aliphatic rings. The van der Waals surface area contributed by atoms with Crippen LogP contribution in [0.4, 0.5) is 0 Å². The Kier molecular flexibility index (Phi) is 1.65. The van der Waals surface area contributed by atoms with Crippen LogP contribution in [0.15, 0.2) is 15.3 Å². The van der Waals surface area contributed by atoms with Crippen molar-refractivity contribution in [3.8, 4) is 0 Å². The Bertz CT molecular complexity index is 174. The maximum Gasteiger partial charge on any atom is 0.209 e. The second-order valence-corrected chi connectivity index (χ2v) is 2.04. The fraction of sp³-hybridized carbons (Fsp3) is 0.250. The molecule has 8 heavy (non-hydrogen) atoms. The van der Waals surface area contributed by atoms with Crippen molar-refractivity contribution in [2.24, 2.45) is 5.73 Å².